The Labute approximate surface area is 157 Å². The molecule has 0 bridgehead atoms. The number of piperazine rings is 1. The first-order valence-corrected chi connectivity index (χ1v) is 10.1. The fraction of sp³-hybridized carbons (Fsp3) is 0.667. The SMILES string of the molecule is CCN1CCN(CC(=O)N2CCCC(CCc3ccccc3F)C2)CC1. The maximum atomic E-state index is 13.8. The maximum absolute atomic E-state index is 13.8. The van der Waals surface area contributed by atoms with Crippen molar-refractivity contribution < 1.29 is 9.18 Å². The minimum atomic E-state index is -0.109. The zero-order valence-electron chi connectivity index (χ0n) is 16.0. The fourth-order valence-electron chi connectivity index (χ4n) is 4.14. The van der Waals surface area contributed by atoms with Gasteiger partial charge in [-0.1, -0.05) is 25.1 Å². The van der Waals surface area contributed by atoms with E-state index in [1.54, 1.807) is 6.07 Å². The third-order valence-electron chi connectivity index (χ3n) is 5.92. The lowest BCUT2D eigenvalue weighted by Gasteiger charge is -2.37. The Morgan fingerprint density at radius 2 is 1.85 bits per heavy atom. The molecule has 0 aromatic heterocycles. The molecule has 1 unspecified atom stereocenters. The minimum absolute atomic E-state index is 0.109. The monoisotopic (exact) mass is 361 g/mol. The lowest BCUT2D eigenvalue weighted by atomic mass is 9.91. The van der Waals surface area contributed by atoms with E-state index in [4.69, 9.17) is 0 Å². The molecule has 2 aliphatic rings. The van der Waals surface area contributed by atoms with E-state index in [1.165, 1.54) is 6.07 Å². The first-order valence-electron chi connectivity index (χ1n) is 10.1. The second kappa shape index (κ2) is 9.47. The molecule has 0 spiro atoms. The Morgan fingerprint density at radius 1 is 1.12 bits per heavy atom. The molecule has 0 radical (unpaired) electrons. The molecule has 4 nitrogen and oxygen atoms in total. The molecule has 144 valence electrons. The van der Waals surface area contributed by atoms with Gasteiger partial charge in [0.1, 0.15) is 5.82 Å². The summed E-state index contributed by atoms with van der Waals surface area (Å²) in [6.45, 7) is 9.66. The number of benzene rings is 1. The average molecular weight is 362 g/mol. The number of hydrogen-bond acceptors (Lipinski definition) is 3. The molecule has 1 atom stereocenters. The summed E-state index contributed by atoms with van der Waals surface area (Å²) in [6.07, 6.45) is 3.93. The van der Waals surface area contributed by atoms with Crippen molar-refractivity contribution in [2.24, 2.45) is 5.92 Å². The number of halogens is 1. The summed E-state index contributed by atoms with van der Waals surface area (Å²) in [4.78, 5) is 19.5. The van der Waals surface area contributed by atoms with Gasteiger partial charge in [0.2, 0.25) is 5.91 Å². The van der Waals surface area contributed by atoms with Crippen molar-refractivity contribution in [1.29, 1.82) is 0 Å². The van der Waals surface area contributed by atoms with Gasteiger partial charge in [-0.15, -0.1) is 0 Å². The predicted octanol–water partition coefficient (Wildman–Crippen LogP) is 2.63. The molecule has 0 saturated carbocycles. The van der Waals surface area contributed by atoms with Gasteiger partial charge in [-0.3, -0.25) is 9.69 Å². The molecule has 2 heterocycles. The van der Waals surface area contributed by atoms with Crippen molar-refractivity contribution in [2.75, 3.05) is 52.4 Å². The van der Waals surface area contributed by atoms with E-state index in [-0.39, 0.29) is 11.7 Å². The standard InChI is InChI=1S/C21H32FN3O/c1-2-23-12-14-24(15-13-23)17-21(26)25-11-5-6-18(16-25)9-10-19-7-3-4-8-20(19)22/h3-4,7-8,18H,2,5-6,9-17H2,1H3. The number of carbonyl (C=O) groups is 1. The van der Waals surface area contributed by atoms with Crippen molar-refractivity contribution in [1.82, 2.24) is 14.7 Å². The first kappa shape index (κ1) is 19.3. The quantitative estimate of drug-likeness (QED) is 0.779. The van der Waals surface area contributed by atoms with E-state index in [0.29, 0.717) is 12.5 Å². The Balaban J connectivity index is 1.44. The number of likely N-dealkylation sites (tertiary alicyclic amines) is 1. The van der Waals surface area contributed by atoms with E-state index in [1.807, 2.05) is 17.0 Å². The van der Waals surface area contributed by atoms with Gasteiger partial charge < -0.3 is 9.80 Å². The van der Waals surface area contributed by atoms with Crippen molar-refractivity contribution in [3.63, 3.8) is 0 Å². The van der Waals surface area contributed by atoms with Crippen LogP contribution in [0.3, 0.4) is 0 Å². The summed E-state index contributed by atoms with van der Waals surface area (Å²) in [5, 5.41) is 0. The van der Waals surface area contributed by atoms with Crippen molar-refractivity contribution in [3.05, 3.63) is 35.6 Å². The summed E-state index contributed by atoms with van der Waals surface area (Å²) >= 11 is 0. The normalized spacial score (nSPS) is 22.5. The topological polar surface area (TPSA) is 26.8 Å². The molecule has 26 heavy (non-hydrogen) atoms. The summed E-state index contributed by atoms with van der Waals surface area (Å²) in [5.41, 5.74) is 0.796. The largest absolute Gasteiger partial charge is 0.341 e. The van der Waals surface area contributed by atoms with Crippen LogP contribution in [-0.4, -0.2) is 73.0 Å². The van der Waals surface area contributed by atoms with Gasteiger partial charge in [0.15, 0.2) is 0 Å². The molecule has 2 aliphatic heterocycles. The molecule has 2 saturated heterocycles. The number of amides is 1. The zero-order valence-corrected chi connectivity index (χ0v) is 16.0. The van der Waals surface area contributed by atoms with Gasteiger partial charge in [-0.05, 0) is 49.8 Å². The van der Waals surface area contributed by atoms with E-state index in [9.17, 15) is 9.18 Å². The van der Waals surface area contributed by atoms with Crippen molar-refractivity contribution in [2.45, 2.75) is 32.6 Å². The first-order chi connectivity index (χ1) is 12.7. The number of piperidine rings is 1. The van der Waals surface area contributed by atoms with Gasteiger partial charge in [-0.25, -0.2) is 4.39 Å². The molecular formula is C21H32FN3O. The molecule has 0 N–H and O–H groups in total. The van der Waals surface area contributed by atoms with E-state index in [0.717, 1.165) is 77.1 Å². The highest BCUT2D eigenvalue weighted by Gasteiger charge is 2.26. The Morgan fingerprint density at radius 3 is 2.58 bits per heavy atom. The third-order valence-corrected chi connectivity index (χ3v) is 5.92. The van der Waals surface area contributed by atoms with E-state index < -0.39 is 0 Å². The van der Waals surface area contributed by atoms with Crippen LogP contribution in [0, 0.1) is 11.7 Å². The van der Waals surface area contributed by atoms with Crippen LogP contribution in [0.1, 0.15) is 31.7 Å². The predicted molar refractivity (Wildman–Crippen MR) is 103 cm³/mol. The van der Waals surface area contributed by atoms with Crippen LogP contribution in [0.4, 0.5) is 4.39 Å². The van der Waals surface area contributed by atoms with Crippen molar-refractivity contribution >= 4 is 5.91 Å². The molecule has 0 aliphatic carbocycles. The third kappa shape index (κ3) is 5.27. The van der Waals surface area contributed by atoms with Gasteiger partial charge in [0.05, 0.1) is 6.54 Å². The Kier molecular flexibility index (Phi) is 7.03. The Hall–Kier alpha value is -1.46. The summed E-state index contributed by atoms with van der Waals surface area (Å²) in [6, 6.07) is 7.04. The fourth-order valence-corrected chi connectivity index (χ4v) is 4.14. The number of carbonyl (C=O) groups excluding carboxylic acids is 1. The smallest absolute Gasteiger partial charge is 0.236 e. The van der Waals surface area contributed by atoms with Crippen LogP contribution in [0.2, 0.25) is 0 Å². The van der Waals surface area contributed by atoms with Crippen molar-refractivity contribution in [3.8, 4) is 0 Å². The number of likely N-dealkylation sites (N-methyl/N-ethyl adjacent to an activating group) is 1. The summed E-state index contributed by atoms with van der Waals surface area (Å²) < 4.78 is 13.8. The Bertz CT molecular complexity index is 586. The van der Waals surface area contributed by atoms with Crippen LogP contribution in [0.5, 0.6) is 0 Å². The second-order valence-electron chi connectivity index (χ2n) is 7.69. The van der Waals surface area contributed by atoms with Crippen LogP contribution < -0.4 is 0 Å². The molecule has 2 fully saturated rings. The highest BCUT2D eigenvalue weighted by Crippen LogP contribution is 2.22. The summed E-state index contributed by atoms with van der Waals surface area (Å²) in [7, 11) is 0. The van der Waals surface area contributed by atoms with Gasteiger partial charge >= 0.3 is 0 Å². The van der Waals surface area contributed by atoms with E-state index in [2.05, 4.69) is 16.7 Å². The highest BCUT2D eigenvalue weighted by molar-refractivity contribution is 5.78. The molecule has 3 rings (SSSR count). The molecular weight excluding hydrogens is 329 g/mol. The van der Waals surface area contributed by atoms with Gasteiger partial charge in [0, 0.05) is 39.3 Å². The molecule has 5 heteroatoms. The van der Waals surface area contributed by atoms with E-state index >= 15 is 0 Å². The number of nitrogens with zero attached hydrogens (tertiary/aromatic N) is 3. The lowest BCUT2D eigenvalue weighted by molar-refractivity contribution is -0.134. The zero-order chi connectivity index (χ0) is 18.4. The lowest BCUT2D eigenvalue weighted by Crippen LogP contribution is -2.51. The number of aryl methyl sites for hydroxylation is 1. The van der Waals surface area contributed by atoms with Crippen LogP contribution in [-0.2, 0) is 11.2 Å². The molecule has 1 aromatic rings. The van der Waals surface area contributed by atoms with Crippen LogP contribution >= 0.6 is 0 Å². The average Bonchev–Trinajstić information content (AvgIpc) is 2.68. The number of rotatable bonds is 6. The summed E-state index contributed by atoms with van der Waals surface area (Å²) in [5.74, 6) is 0.650. The van der Waals surface area contributed by atoms with Gasteiger partial charge in [-0.2, -0.15) is 0 Å². The molecule has 1 aromatic carbocycles. The second-order valence-corrected chi connectivity index (χ2v) is 7.69. The maximum Gasteiger partial charge on any atom is 0.236 e. The van der Waals surface area contributed by atoms with Crippen LogP contribution in [0.15, 0.2) is 24.3 Å². The highest BCUT2D eigenvalue weighted by atomic mass is 19.1. The van der Waals surface area contributed by atoms with Gasteiger partial charge in [0.25, 0.3) is 0 Å². The van der Waals surface area contributed by atoms with Crippen LogP contribution in [0.25, 0.3) is 0 Å². The number of hydrogen-bond donors (Lipinski definition) is 0. The minimum Gasteiger partial charge on any atom is -0.341 e. The molecule has 1 amide bonds.